The van der Waals surface area contributed by atoms with Gasteiger partial charge in [-0.1, -0.05) is 42.2 Å². The third-order valence-electron chi connectivity index (χ3n) is 2.82. The lowest BCUT2D eigenvalue weighted by Crippen LogP contribution is -2.25. The standard InChI is InChI=1S/C12H8N2O3S2/c1-17-14-7-5-3-2-4-6(7)8(11(14)16)9-10(15)13-12(18)19-9/h2-5H,1H3,(H,13,15,18)/b9-8+. The Morgan fingerprint density at radius 1 is 1.32 bits per heavy atom. The number of nitrogens with zero attached hydrogens (tertiary/aromatic N) is 1. The summed E-state index contributed by atoms with van der Waals surface area (Å²) in [7, 11) is 1.41. The molecule has 1 fully saturated rings. The van der Waals surface area contributed by atoms with E-state index in [1.165, 1.54) is 12.2 Å². The lowest BCUT2D eigenvalue weighted by molar-refractivity contribution is -0.119. The molecule has 0 bridgehead atoms. The summed E-state index contributed by atoms with van der Waals surface area (Å²) in [6, 6.07) is 7.16. The average Bonchev–Trinajstić information content (AvgIpc) is 2.85. The van der Waals surface area contributed by atoms with E-state index in [0.717, 1.165) is 11.8 Å². The van der Waals surface area contributed by atoms with Gasteiger partial charge in [-0.3, -0.25) is 14.4 Å². The van der Waals surface area contributed by atoms with Crippen molar-refractivity contribution in [3.63, 3.8) is 0 Å². The Morgan fingerprint density at radius 3 is 2.68 bits per heavy atom. The molecular formula is C12H8N2O3S2. The lowest BCUT2D eigenvalue weighted by atomic mass is 10.1. The van der Waals surface area contributed by atoms with Gasteiger partial charge in [-0.25, -0.2) is 0 Å². The maximum absolute atomic E-state index is 12.3. The molecular weight excluding hydrogens is 284 g/mol. The SMILES string of the molecule is CON1C(=O)/C(=C2/SC(=S)NC2=O)c2ccccc21. The van der Waals surface area contributed by atoms with Gasteiger partial charge in [-0.15, -0.1) is 0 Å². The molecule has 1 N–H and O–H groups in total. The summed E-state index contributed by atoms with van der Waals surface area (Å²) in [6.45, 7) is 0. The summed E-state index contributed by atoms with van der Waals surface area (Å²) in [4.78, 5) is 29.6. The summed E-state index contributed by atoms with van der Waals surface area (Å²) >= 11 is 6.04. The zero-order valence-electron chi connectivity index (χ0n) is 9.80. The number of fused-ring (bicyclic) bond motifs is 1. The third-order valence-corrected chi connectivity index (χ3v) is 4.05. The van der Waals surface area contributed by atoms with Crippen LogP contribution in [0.1, 0.15) is 5.56 Å². The van der Waals surface area contributed by atoms with Gasteiger partial charge in [-0.2, -0.15) is 5.06 Å². The van der Waals surface area contributed by atoms with E-state index in [1.54, 1.807) is 18.2 Å². The number of hydroxylamine groups is 1. The summed E-state index contributed by atoms with van der Waals surface area (Å²) in [5.41, 5.74) is 1.64. The van der Waals surface area contributed by atoms with Crippen LogP contribution >= 0.6 is 24.0 Å². The van der Waals surface area contributed by atoms with Crippen LogP contribution < -0.4 is 10.4 Å². The number of nitrogens with one attached hydrogen (secondary N) is 1. The first-order chi connectivity index (χ1) is 9.13. The molecule has 96 valence electrons. The predicted molar refractivity (Wildman–Crippen MR) is 76.2 cm³/mol. The van der Waals surface area contributed by atoms with Crippen molar-refractivity contribution in [2.24, 2.45) is 0 Å². The van der Waals surface area contributed by atoms with Crippen LogP contribution in [0.5, 0.6) is 0 Å². The fraction of sp³-hybridized carbons (Fsp3) is 0.0833. The maximum atomic E-state index is 12.3. The highest BCUT2D eigenvalue weighted by atomic mass is 32.2. The summed E-state index contributed by atoms with van der Waals surface area (Å²) < 4.78 is 0.355. The highest BCUT2D eigenvalue weighted by Gasteiger charge is 2.39. The number of anilines is 1. The Morgan fingerprint density at radius 2 is 2.05 bits per heavy atom. The predicted octanol–water partition coefficient (Wildman–Crippen LogP) is 1.45. The van der Waals surface area contributed by atoms with E-state index >= 15 is 0 Å². The van der Waals surface area contributed by atoms with Gasteiger partial charge in [-0.05, 0) is 6.07 Å². The fourth-order valence-electron chi connectivity index (χ4n) is 2.07. The molecule has 0 radical (unpaired) electrons. The van der Waals surface area contributed by atoms with E-state index in [9.17, 15) is 9.59 Å². The van der Waals surface area contributed by atoms with E-state index in [0.29, 0.717) is 26.0 Å². The molecule has 2 aliphatic rings. The molecule has 2 aliphatic heterocycles. The first kappa shape index (κ1) is 12.3. The number of carbonyl (C=O) groups excluding carboxylic acids is 2. The number of thiocarbonyl (C=S) groups is 1. The highest BCUT2D eigenvalue weighted by Crippen LogP contribution is 2.42. The molecule has 0 unspecified atom stereocenters. The van der Waals surface area contributed by atoms with Gasteiger partial charge >= 0.3 is 0 Å². The van der Waals surface area contributed by atoms with E-state index < -0.39 is 0 Å². The van der Waals surface area contributed by atoms with Crippen molar-refractivity contribution in [3.8, 4) is 0 Å². The van der Waals surface area contributed by atoms with Crippen molar-refractivity contribution in [1.82, 2.24) is 5.32 Å². The number of rotatable bonds is 1. The molecule has 1 aromatic rings. The first-order valence-electron chi connectivity index (χ1n) is 5.39. The highest BCUT2D eigenvalue weighted by molar-refractivity contribution is 8.27. The van der Waals surface area contributed by atoms with Gasteiger partial charge in [0.05, 0.1) is 23.3 Å². The van der Waals surface area contributed by atoms with Gasteiger partial charge < -0.3 is 5.32 Å². The Balaban J connectivity index is 2.23. The van der Waals surface area contributed by atoms with Crippen LogP contribution in [-0.2, 0) is 14.4 Å². The molecule has 0 saturated carbocycles. The monoisotopic (exact) mass is 292 g/mol. The molecule has 7 heteroatoms. The molecule has 0 atom stereocenters. The average molecular weight is 292 g/mol. The normalized spacial score (nSPS) is 21.9. The van der Waals surface area contributed by atoms with Crippen molar-refractivity contribution in [1.29, 1.82) is 0 Å². The smallest absolute Gasteiger partial charge is 0.284 e. The number of thioether (sulfide) groups is 1. The van der Waals surface area contributed by atoms with E-state index in [-0.39, 0.29) is 11.8 Å². The summed E-state index contributed by atoms with van der Waals surface area (Å²) in [6.07, 6.45) is 0. The van der Waals surface area contributed by atoms with Crippen LogP contribution in [0.15, 0.2) is 29.2 Å². The molecule has 1 saturated heterocycles. The summed E-state index contributed by atoms with van der Waals surface area (Å²) in [5.74, 6) is -0.697. The number of amides is 2. The number of hydrogen-bond donors (Lipinski definition) is 1. The molecule has 1 aromatic carbocycles. The number of carbonyl (C=O) groups is 2. The minimum absolute atomic E-state index is 0.321. The zero-order valence-corrected chi connectivity index (χ0v) is 11.4. The van der Waals surface area contributed by atoms with E-state index in [4.69, 9.17) is 17.1 Å². The fourth-order valence-corrected chi connectivity index (χ4v) is 3.18. The largest absolute Gasteiger partial charge is 0.307 e. The lowest BCUT2D eigenvalue weighted by Gasteiger charge is -2.12. The van der Waals surface area contributed by atoms with Crippen LogP contribution in [0.25, 0.3) is 5.57 Å². The Bertz CT molecular complexity index is 654. The molecule has 2 amide bonds. The first-order valence-corrected chi connectivity index (χ1v) is 6.61. The van der Waals surface area contributed by atoms with Gasteiger partial charge in [0.25, 0.3) is 11.8 Å². The molecule has 3 rings (SSSR count). The molecule has 0 aromatic heterocycles. The van der Waals surface area contributed by atoms with Crippen molar-refractivity contribution < 1.29 is 14.4 Å². The van der Waals surface area contributed by atoms with Crippen LogP contribution in [-0.4, -0.2) is 23.2 Å². The Labute approximate surface area is 118 Å². The quantitative estimate of drug-likeness (QED) is 0.627. The van der Waals surface area contributed by atoms with Gasteiger partial charge in [0.1, 0.15) is 4.32 Å². The van der Waals surface area contributed by atoms with Gasteiger partial charge in [0, 0.05) is 5.56 Å². The van der Waals surface area contributed by atoms with Crippen molar-refractivity contribution in [2.75, 3.05) is 12.2 Å². The van der Waals surface area contributed by atoms with Crippen molar-refractivity contribution in [2.45, 2.75) is 0 Å². The van der Waals surface area contributed by atoms with Gasteiger partial charge in [0.2, 0.25) is 0 Å². The minimum Gasteiger partial charge on any atom is -0.307 e. The second kappa shape index (κ2) is 4.44. The van der Waals surface area contributed by atoms with E-state index in [2.05, 4.69) is 5.32 Å². The van der Waals surface area contributed by atoms with E-state index in [1.807, 2.05) is 6.07 Å². The molecule has 5 nitrogen and oxygen atoms in total. The number of benzene rings is 1. The topological polar surface area (TPSA) is 58.6 Å². The van der Waals surface area contributed by atoms with Crippen LogP contribution in [0.4, 0.5) is 5.69 Å². The molecule has 0 aliphatic carbocycles. The number of para-hydroxylation sites is 1. The van der Waals surface area contributed by atoms with Crippen molar-refractivity contribution >= 4 is 51.4 Å². The Hall–Kier alpha value is -1.70. The van der Waals surface area contributed by atoms with Gasteiger partial charge in [0.15, 0.2) is 0 Å². The Kier molecular flexibility index (Phi) is 2.89. The third kappa shape index (κ3) is 1.78. The molecule has 2 heterocycles. The van der Waals surface area contributed by atoms with Crippen molar-refractivity contribution in [3.05, 3.63) is 34.7 Å². The van der Waals surface area contributed by atoms with Crippen LogP contribution in [0.3, 0.4) is 0 Å². The molecule has 0 spiro atoms. The maximum Gasteiger partial charge on any atom is 0.284 e. The second-order valence-corrected chi connectivity index (χ2v) is 5.53. The zero-order chi connectivity index (χ0) is 13.6. The van der Waals surface area contributed by atoms with Crippen LogP contribution in [0.2, 0.25) is 0 Å². The summed E-state index contributed by atoms with van der Waals surface area (Å²) in [5, 5.41) is 3.69. The minimum atomic E-state index is -0.356. The second-order valence-electron chi connectivity index (χ2n) is 3.85. The molecule has 19 heavy (non-hydrogen) atoms. The van der Waals surface area contributed by atoms with Crippen LogP contribution in [0, 0.1) is 0 Å². The number of hydrogen-bond acceptors (Lipinski definition) is 5.